The van der Waals surface area contributed by atoms with Crippen LogP contribution < -0.4 is 0 Å². The number of nitrogens with zero attached hydrogens (tertiary/aromatic N) is 1. The van der Waals surface area contributed by atoms with Crippen LogP contribution >= 0.6 is 0 Å². The standard InChI is InChI=1S/C14H25NO/c1-4-15-10-14(9-13(15)16)7-5-12(6-8-14)11(2)3/h11-12H,4-10H2,1-3H3. The second-order valence-electron chi connectivity index (χ2n) is 6.17. The van der Waals surface area contributed by atoms with Crippen molar-refractivity contribution >= 4 is 5.91 Å². The highest BCUT2D eigenvalue weighted by Gasteiger charge is 2.44. The first-order valence-electron chi connectivity index (χ1n) is 6.84. The first-order valence-corrected chi connectivity index (χ1v) is 6.84. The van der Waals surface area contributed by atoms with Crippen LogP contribution in [-0.4, -0.2) is 23.9 Å². The Morgan fingerprint density at radius 1 is 1.38 bits per heavy atom. The van der Waals surface area contributed by atoms with Crippen LogP contribution in [0.4, 0.5) is 0 Å². The maximum atomic E-state index is 11.8. The van der Waals surface area contributed by atoms with Gasteiger partial charge in [-0.15, -0.1) is 0 Å². The third-order valence-corrected chi connectivity index (χ3v) is 4.82. The smallest absolute Gasteiger partial charge is 0.223 e. The summed E-state index contributed by atoms with van der Waals surface area (Å²) >= 11 is 0. The molecule has 1 saturated heterocycles. The van der Waals surface area contributed by atoms with E-state index in [1.807, 2.05) is 0 Å². The molecular formula is C14H25NO. The number of hydrogen-bond acceptors (Lipinski definition) is 1. The zero-order valence-electron chi connectivity index (χ0n) is 11.0. The van der Waals surface area contributed by atoms with E-state index in [0.29, 0.717) is 11.3 Å². The lowest BCUT2D eigenvalue weighted by molar-refractivity contribution is -0.127. The first-order chi connectivity index (χ1) is 7.56. The van der Waals surface area contributed by atoms with E-state index in [1.54, 1.807) is 0 Å². The van der Waals surface area contributed by atoms with Gasteiger partial charge >= 0.3 is 0 Å². The Labute approximate surface area is 99.4 Å². The minimum atomic E-state index is 0.360. The van der Waals surface area contributed by atoms with Crippen LogP contribution in [0.1, 0.15) is 52.9 Å². The molecule has 1 amide bonds. The summed E-state index contributed by atoms with van der Waals surface area (Å²) in [6.07, 6.45) is 6.05. The Bertz CT molecular complexity index is 264. The van der Waals surface area contributed by atoms with E-state index < -0.39 is 0 Å². The molecule has 16 heavy (non-hydrogen) atoms. The van der Waals surface area contributed by atoms with Crippen LogP contribution in [0.25, 0.3) is 0 Å². The maximum absolute atomic E-state index is 11.8. The molecule has 2 aliphatic rings. The molecule has 0 unspecified atom stereocenters. The van der Waals surface area contributed by atoms with Gasteiger partial charge < -0.3 is 4.90 Å². The molecular weight excluding hydrogens is 198 g/mol. The second kappa shape index (κ2) is 4.38. The van der Waals surface area contributed by atoms with E-state index in [4.69, 9.17) is 0 Å². The number of hydrogen-bond donors (Lipinski definition) is 0. The highest BCUT2D eigenvalue weighted by Crippen LogP contribution is 2.47. The summed E-state index contributed by atoms with van der Waals surface area (Å²) in [5.41, 5.74) is 0.360. The molecule has 1 spiro atoms. The van der Waals surface area contributed by atoms with Gasteiger partial charge in [0.25, 0.3) is 0 Å². The number of carbonyl (C=O) groups is 1. The molecule has 1 aliphatic carbocycles. The number of amides is 1. The Morgan fingerprint density at radius 3 is 2.44 bits per heavy atom. The molecule has 1 aliphatic heterocycles. The first kappa shape index (κ1) is 11.9. The molecule has 92 valence electrons. The van der Waals surface area contributed by atoms with E-state index in [-0.39, 0.29) is 0 Å². The van der Waals surface area contributed by atoms with Crippen LogP contribution in [0.2, 0.25) is 0 Å². The molecule has 2 rings (SSSR count). The van der Waals surface area contributed by atoms with Crippen molar-refractivity contribution in [2.75, 3.05) is 13.1 Å². The topological polar surface area (TPSA) is 20.3 Å². The minimum Gasteiger partial charge on any atom is -0.342 e. The number of rotatable bonds is 2. The normalized spacial score (nSPS) is 35.4. The van der Waals surface area contributed by atoms with Crippen LogP contribution in [0.15, 0.2) is 0 Å². The van der Waals surface area contributed by atoms with Crippen molar-refractivity contribution < 1.29 is 4.79 Å². The molecule has 0 aromatic heterocycles. The largest absolute Gasteiger partial charge is 0.342 e. The van der Waals surface area contributed by atoms with E-state index >= 15 is 0 Å². The maximum Gasteiger partial charge on any atom is 0.223 e. The Kier molecular flexibility index (Phi) is 3.27. The Balaban J connectivity index is 1.96. The average Bonchev–Trinajstić information content (AvgIpc) is 2.55. The molecule has 0 aromatic rings. The molecule has 1 saturated carbocycles. The summed E-state index contributed by atoms with van der Waals surface area (Å²) in [5.74, 6) is 2.11. The van der Waals surface area contributed by atoms with Gasteiger partial charge in [0.15, 0.2) is 0 Å². The third-order valence-electron chi connectivity index (χ3n) is 4.82. The Hall–Kier alpha value is -0.530. The summed E-state index contributed by atoms with van der Waals surface area (Å²) in [4.78, 5) is 13.9. The van der Waals surface area contributed by atoms with Crippen LogP contribution in [-0.2, 0) is 4.79 Å². The predicted octanol–water partition coefficient (Wildman–Crippen LogP) is 3.07. The quantitative estimate of drug-likeness (QED) is 0.704. The van der Waals surface area contributed by atoms with Gasteiger partial charge in [0.2, 0.25) is 5.91 Å². The molecule has 0 atom stereocenters. The fourth-order valence-corrected chi connectivity index (χ4v) is 3.52. The lowest BCUT2D eigenvalue weighted by atomic mass is 9.67. The number of carbonyl (C=O) groups excluding carboxylic acids is 1. The lowest BCUT2D eigenvalue weighted by Gasteiger charge is -2.38. The van der Waals surface area contributed by atoms with Gasteiger partial charge in [-0.1, -0.05) is 13.8 Å². The van der Waals surface area contributed by atoms with Crippen molar-refractivity contribution in [2.45, 2.75) is 52.9 Å². The molecule has 2 fully saturated rings. The zero-order valence-corrected chi connectivity index (χ0v) is 11.0. The summed E-state index contributed by atoms with van der Waals surface area (Å²) < 4.78 is 0. The highest BCUT2D eigenvalue weighted by molar-refractivity contribution is 5.79. The van der Waals surface area contributed by atoms with Crippen molar-refractivity contribution in [1.29, 1.82) is 0 Å². The summed E-state index contributed by atoms with van der Waals surface area (Å²) in [7, 11) is 0. The monoisotopic (exact) mass is 223 g/mol. The van der Waals surface area contributed by atoms with Crippen molar-refractivity contribution in [3.05, 3.63) is 0 Å². The second-order valence-corrected chi connectivity index (χ2v) is 6.17. The minimum absolute atomic E-state index is 0.360. The van der Waals surface area contributed by atoms with Crippen molar-refractivity contribution in [3.63, 3.8) is 0 Å². The van der Waals surface area contributed by atoms with Crippen LogP contribution in [0.5, 0.6) is 0 Å². The van der Waals surface area contributed by atoms with E-state index in [1.165, 1.54) is 25.7 Å². The van der Waals surface area contributed by atoms with E-state index in [2.05, 4.69) is 25.7 Å². The van der Waals surface area contributed by atoms with Crippen molar-refractivity contribution in [2.24, 2.45) is 17.3 Å². The van der Waals surface area contributed by atoms with Gasteiger partial charge in [0.1, 0.15) is 0 Å². The molecule has 0 bridgehead atoms. The van der Waals surface area contributed by atoms with Gasteiger partial charge in [-0.2, -0.15) is 0 Å². The Morgan fingerprint density at radius 2 is 2.00 bits per heavy atom. The summed E-state index contributed by atoms with van der Waals surface area (Å²) in [5, 5.41) is 0. The lowest BCUT2D eigenvalue weighted by Crippen LogP contribution is -2.32. The van der Waals surface area contributed by atoms with Gasteiger partial charge in [0, 0.05) is 19.5 Å². The van der Waals surface area contributed by atoms with Crippen LogP contribution in [0.3, 0.4) is 0 Å². The SMILES string of the molecule is CCN1CC2(CCC(C(C)C)CC2)CC1=O. The van der Waals surface area contributed by atoms with Gasteiger partial charge in [-0.05, 0) is 49.9 Å². The van der Waals surface area contributed by atoms with Crippen LogP contribution in [0, 0.1) is 17.3 Å². The van der Waals surface area contributed by atoms with Gasteiger partial charge in [0.05, 0.1) is 0 Å². The summed E-state index contributed by atoms with van der Waals surface area (Å²) in [6, 6.07) is 0. The molecule has 2 heteroatoms. The zero-order chi connectivity index (χ0) is 11.8. The fourth-order valence-electron chi connectivity index (χ4n) is 3.52. The highest BCUT2D eigenvalue weighted by atomic mass is 16.2. The third kappa shape index (κ3) is 2.11. The predicted molar refractivity (Wildman–Crippen MR) is 66.1 cm³/mol. The average molecular weight is 223 g/mol. The van der Waals surface area contributed by atoms with E-state index in [9.17, 15) is 4.79 Å². The molecule has 0 radical (unpaired) electrons. The molecule has 1 heterocycles. The number of likely N-dealkylation sites (tertiary alicyclic amines) is 1. The van der Waals surface area contributed by atoms with Crippen molar-refractivity contribution in [3.8, 4) is 0 Å². The van der Waals surface area contributed by atoms with Gasteiger partial charge in [-0.25, -0.2) is 0 Å². The molecule has 0 N–H and O–H groups in total. The van der Waals surface area contributed by atoms with Crippen molar-refractivity contribution in [1.82, 2.24) is 4.90 Å². The molecule has 0 aromatic carbocycles. The summed E-state index contributed by atoms with van der Waals surface area (Å²) in [6.45, 7) is 8.69. The fraction of sp³-hybridized carbons (Fsp3) is 0.929. The molecule has 2 nitrogen and oxygen atoms in total. The van der Waals surface area contributed by atoms with Gasteiger partial charge in [-0.3, -0.25) is 4.79 Å². The van der Waals surface area contributed by atoms with E-state index in [0.717, 1.165) is 31.3 Å².